The van der Waals surface area contributed by atoms with E-state index in [1.54, 1.807) is 0 Å². The summed E-state index contributed by atoms with van der Waals surface area (Å²) in [5, 5.41) is 15.6. The predicted molar refractivity (Wildman–Crippen MR) is 94.4 cm³/mol. The highest BCUT2D eigenvalue weighted by atomic mass is 19.4. The number of rotatable bonds is 7. The molecule has 0 aliphatic carbocycles. The number of nitro benzene ring substituents is 1. The number of alkyl halides is 3. The lowest BCUT2D eigenvalue weighted by Gasteiger charge is -2.14. The monoisotopic (exact) mass is 412 g/mol. The topological polar surface area (TPSA) is 123 Å². The van der Waals surface area contributed by atoms with Crippen molar-refractivity contribution in [2.45, 2.75) is 19.1 Å². The highest BCUT2D eigenvalue weighted by molar-refractivity contribution is 6.01. The number of pyridine rings is 1. The number of nitrogens with zero attached hydrogens (tertiary/aromatic N) is 2. The Morgan fingerprint density at radius 2 is 2.00 bits per heavy atom. The Morgan fingerprint density at radius 1 is 1.28 bits per heavy atom. The Kier molecular flexibility index (Phi) is 6.70. The van der Waals surface area contributed by atoms with Gasteiger partial charge in [0.25, 0.3) is 11.6 Å². The summed E-state index contributed by atoms with van der Waals surface area (Å²) in [6.45, 7) is -0.106. The van der Waals surface area contributed by atoms with Crippen molar-refractivity contribution in [2.75, 3.05) is 11.9 Å². The van der Waals surface area contributed by atoms with Gasteiger partial charge in [0, 0.05) is 23.8 Å². The van der Waals surface area contributed by atoms with E-state index in [9.17, 15) is 32.9 Å². The van der Waals surface area contributed by atoms with Crippen molar-refractivity contribution in [3.05, 3.63) is 58.3 Å². The number of amides is 2. The number of aromatic nitrogens is 1. The Labute approximate surface area is 162 Å². The number of nitro groups is 1. The lowest BCUT2D eigenvalue weighted by atomic mass is 10.1. The van der Waals surface area contributed by atoms with E-state index < -0.39 is 35.6 Å². The van der Waals surface area contributed by atoms with Crippen LogP contribution in [0.15, 0.2) is 42.6 Å². The number of nitrogens with one attached hydrogen (secondary N) is 2. The van der Waals surface area contributed by atoms with Crippen LogP contribution in [0.2, 0.25) is 0 Å². The average molecular weight is 412 g/mol. The predicted octanol–water partition coefficient (Wildman–Crippen LogP) is 2.69. The van der Waals surface area contributed by atoms with Crippen LogP contribution in [-0.4, -0.2) is 40.5 Å². The maximum Gasteiger partial charge on any atom is 0.422 e. The number of hydrogen-bond acceptors (Lipinski definition) is 6. The van der Waals surface area contributed by atoms with Gasteiger partial charge in [0.05, 0.1) is 16.8 Å². The fourth-order valence-electron chi connectivity index (χ4n) is 2.05. The van der Waals surface area contributed by atoms with E-state index in [1.807, 2.05) is 0 Å². The van der Waals surface area contributed by atoms with Crippen molar-refractivity contribution in [3.63, 3.8) is 0 Å². The molecule has 0 aliphatic rings. The van der Waals surface area contributed by atoms with Crippen LogP contribution in [0, 0.1) is 10.1 Å². The van der Waals surface area contributed by atoms with Crippen LogP contribution in [0.3, 0.4) is 0 Å². The van der Waals surface area contributed by atoms with Gasteiger partial charge in [0.1, 0.15) is 6.04 Å². The first-order chi connectivity index (χ1) is 13.5. The van der Waals surface area contributed by atoms with Gasteiger partial charge in [0.15, 0.2) is 6.61 Å². The fraction of sp³-hybridized carbons (Fsp3) is 0.235. The van der Waals surface area contributed by atoms with Crippen LogP contribution in [-0.2, 0) is 4.79 Å². The van der Waals surface area contributed by atoms with Gasteiger partial charge < -0.3 is 15.4 Å². The van der Waals surface area contributed by atoms with E-state index in [1.165, 1.54) is 31.2 Å². The van der Waals surface area contributed by atoms with Crippen molar-refractivity contribution in [1.82, 2.24) is 10.3 Å². The maximum atomic E-state index is 12.2. The summed E-state index contributed by atoms with van der Waals surface area (Å²) in [5.41, 5.74) is -0.0915. The quantitative estimate of drug-likeness (QED) is 0.532. The zero-order valence-electron chi connectivity index (χ0n) is 14.9. The zero-order chi connectivity index (χ0) is 21.6. The molecule has 2 rings (SSSR count). The summed E-state index contributed by atoms with van der Waals surface area (Å²) in [7, 11) is 0. The molecule has 0 radical (unpaired) electrons. The molecule has 12 heteroatoms. The van der Waals surface area contributed by atoms with Crippen molar-refractivity contribution in [2.24, 2.45) is 0 Å². The highest BCUT2D eigenvalue weighted by Crippen LogP contribution is 2.18. The number of hydrogen-bond donors (Lipinski definition) is 2. The summed E-state index contributed by atoms with van der Waals surface area (Å²) in [6, 6.07) is 6.41. The van der Waals surface area contributed by atoms with E-state index in [2.05, 4.69) is 20.4 Å². The number of halogens is 3. The largest absolute Gasteiger partial charge is 0.468 e. The number of benzene rings is 1. The van der Waals surface area contributed by atoms with Gasteiger partial charge in [-0.15, -0.1) is 0 Å². The highest BCUT2D eigenvalue weighted by Gasteiger charge is 2.28. The number of carbonyl (C=O) groups is 2. The molecule has 0 spiro atoms. The van der Waals surface area contributed by atoms with Crippen LogP contribution in [0.1, 0.15) is 17.3 Å². The first kappa shape index (κ1) is 21.6. The van der Waals surface area contributed by atoms with Gasteiger partial charge in [-0.2, -0.15) is 13.2 Å². The molecule has 1 unspecified atom stereocenters. The molecular formula is C17H15F3N4O5. The molecule has 0 fully saturated rings. The molecule has 9 nitrogen and oxygen atoms in total. The molecule has 1 aromatic carbocycles. The Balaban J connectivity index is 1.92. The van der Waals surface area contributed by atoms with Crippen LogP contribution in [0.5, 0.6) is 5.88 Å². The molecule has 2 aromatic rings. The summed E-state index contributed by atoms with van der Waals surface area (Å²) in [5.74, 6) is -1.59. The molecular weight excluding hydrogens is 397 g/mol. The summed E-state index contributed by atoms with van der Waals surface area (Å²) >= 11 is 0. The summed E-state index contributed by atoms with van der Waals surface area (Å²) in [6.07, 6.45) is -3.40. The smallest absolute Gasteiger partial charge is 0.422 e. The second-order valence-electron chi connectivity index (χ2n) is 5.78. The zero-order valence-corrected chi connectivity index (χ0v) is 14.9. The third-order valence-corrected chi connectivity index (χ3v) is 3.45. The van der Waals surface area contributed by atoms with Gasteiger partial charge in [-0.3, -0.25) is 19.7 Å². The van der Waals surface area contributed by atoms with Crippen molar-refractivity contribution < 1.29 is 32.4 Å². The average Bonchev–Trinajstić information content (AvgIpc) is 2.66. The minimum atomic E-state index is -4.50. The Morgan fingerprint density at radius 3 is 2.59 bits per heavy atom. The Hall–Kier alpha value is -3.70. The molecule has 1 heterocycles. The first-order valence-corrected chi connectivity index (χ1v) is 8.07. The third-order valence-electron chi connectivity index (χ3n) is 3.45. The van der Waals surface area contributed by atoms with Crippen LogP contribution < -0.4 is 15.4 Å². The second kappa shape index (κ2) is 8.99. The summed E-state index contributed by atoms with van der Waals surface area (Å²) in [4.78, 5) is 38.1. The third kappa shape index (κ3) is 6.75. The molecule has 2 N–H and O–H groups in total. The van der Waals surface area contributed by atoms with Gasteiger partial charge in [-0.1, -0.05) is 6.07 Å². The van der Waals surface area contributed by atoms with Crippen molar-refractivity contribution in [3.8, 4) is 5.88 Å². The molecule has 1 atom stereocenters. The van der Waals surface area contributed by atoms with Gasteiger partial charge >= 0.3 is 6.18 Å². The SMILES string of the molecule is CC(NC(=O)c1cccc([N+](=O)[O-])c1)C(=O)Nc1ccc(OCC(F)(F)F)nc1. The maximum absolute atomic E-state index is 12.2. The molecule has 0 bridgehead atoms. The number of ether oxygens (including phenoxy) is 1. The standard InChI is InChI=1S/C17H15F3N4O5/c1-10(22-16(26)11-3-2-4-13(7-11)24(27)28)15(25)23-12-5-6-14(21-8-12)29-9-17(18,19)20/h2-8,10H,9H2,1H3,(H,22,26)(H,23,25). The molecule has 0 saturated heterocycles. The number of carbonyl (C=O) groups excluding carboxylic acids is 2. The summed E-state index contributed by atoms with van der Waals surface area (Å²) < 4.78 is 40.7. The minimum absolute atomic E-state index is 0.00619. The van der Waals surface area contributed by atoms with Gasteiger partial charge in [-0.25, -0.2) is 4.98 Å². The minimum Gasteiger partial charge on any atom is -0.468 e. The van der Waals surface area contributed by atoms with E-state index in [-0.39, 0.29) is 22.8 Å². The normalized spacial score (nSPS) is 12.0. The lowest BCUT2D eigenvalue weighted by Crippen LogP contribution is -2.41. The molecule has 0 aliphatic heterocycles. The van der Waals surface area contributed by atoms with E-state index >= 15 is 0 Å². The fourth-order valence-corrected chi connectivity index (χ4v) is 2.05. The van der Waals surface area contributed by atoms with Crippen molar-refractivity contribution >= 4 is 23.2 Å². The Bertz CT molecular complexity index is 903. The molecule has 154 valence electrons. The lowest BCUT2D eigenvalue weighted by molar-refractivity contribution is -0.384. The van der Waals surface area contributed by atoms with Crippen LogP contribution in [0.4, 0.5) is 24.5 Å². The van der Waals surface area contributed by atoms with E-state index in [0.717, 1.165) is 18.3 Å². The number of anilines is 1. The van der Waals surface area contributed by atoms with Crippen molar-refractivity contribution in [1.29, 1.82) is 0 Å². The molecule has 2 amide bonds. The van der Waals surface area contributed by atoms with Crippen LogP contribution in [0.25, 0.3) is 0 Å². The van der Waals surface area contributed by atoms with E-state index in [0.29, 0.717) is 0 Å². The number of non-ortho nitro benzene ring substituents is 1. The second-order valence-corrected chi connectivity index (χ2v) is 5.78. The van der Waals surface area contributed by atoms with Crippen LogP contribution >= 0.6 is 0 Å². The molecule has 29 heavy (non-hydrogen) atoms. The van der Waals surface area contributed by atoms with Gasteiger partial charge in [0.2, 0.25) is 11.8 Å². The molecule has 1 aromatic heterocycles. The first-order valence-electron chi connectivity index (χ1n) is 8.07. The molecule has 0 saturated carbocycles. The van der Waals surface area contributed by atoms with Gasteiger partial charge in [-0.05, 0) is 19.1 Å². The van der Waals surface area contributed by atoms with E-state index in [4.69, 9.17) is 0 Å².